The van der Waals surface area contributed by atoms with Crippen molar-refractivity contribution in [3.8, 4) is 11.4 Å². The van der Waals surface area contributed by atoms with E-state index in [2.05, 4.69) is 26.7 Å². The molecule has 0 unspecified atom stereocenters. The van der Waals surface area contributed by atoms with Crippen LogP contribution in [0, 0.1) is 0 Å². The van der Waals surface area contributed by atoms with Gasteiger partial charge in [0.15, 0.2) is 11.6 Å². The molecule has 2 heterocycles. The molecular formula is C20H18N4OS. The average molecular weight is 362 g/mol. The van der Waals surface area contributed by atoms with Crippen molar-refractivity contribution >= 4 is 28.4 Å². The van der Waals surface area contributed by atoms with Crippen molar-refractivity contribution in [3.05, 3.63) is 66.4 Å². The van der Waals surface area contributed by atoms with Gasteiger partial charge < -0.3 is 4.57 Å². The van der Waals surface area contributed by atoms with E-state index in [-0.39, 0.29) is 5.78 Å². The highest BCUT2D eigenvalue weighted by Gasteiger charge is 2.16. The standard InChI is InChI=1S/C20H18N4OS/c1-2-24-12-16(15-10-6-7-11-17(15)24)18(25)13-26-20-21-19(22-23-20)14-8-4-3-5-9-14/h3-12H,2,13H2,1H3,(H,21,22,23). The maximum atomic E-state index is 12.7. The SMILES string of the molecule is CCn1cc(C(=O)CSc2n[nH]c(-c3ccccc3)n2)c2ccccc21. The molecule has 0 bridgehead atoms. The van der Waals surface area contributed by atoms with Gasteiger partial charge in [-0.15, -0.1) is 5.10 Å². The highest BCUT2D eigenvalue weighted by molar-refractivity contribution is 7.99. The summed E-state index contributed by atoms with van der Waals surface area (Å²) in [5.74, 6) is 1.11. The van der Waals surface area contributed by atoms with Gasteiger partial charge in [-0.2, -0.15) is 0 Å². The van der Waals surface area contributed by atoms with Gasteiger partial charge in [0.2, 0.25) is 5.16 Å². The Morgan fingerprint density at radius 1 is 1.12 bits per heavy atom. The predicted octanol–water partition coefficient (Wildman–Crippen LogP) is 4.42. The number of rotatable bonds is 6. The van der Waals surface area contributed by atoms with Gasteiger partial charge in [0.1, 0.15) is 0 Å². The predicted molar refractivity (Wildman–Crippen MR) is 104 cm³/mol. The summed E-state index contributed by atoms with van der Waals surface area (Å²) in [6.45, 7) is 2.91. The lowest BCUT2D eigenvalue weighted by molar-refractivity contribution is 0.102. The number of aryl methyl sites for hydroxylation is 1. The second kappa shape index (κ2) is 7.17. The lowest BCUT2D eigenvalue weighted by Gasteiger charge is -1.98. The van der Waals surface area contributed by atoms with Crippen molar-refractivity contribution < 1.29 is 4.79 Å². The number of thioether (sulfide) groups is 1. The molecule has 4 aromatic rings. The van der Waals surface area contributed by atoms with Gasteiger partial charge >= 0.3 is 0 Å². The molecular weight excluding hydrogens is 344 g/mol. The number of nitrogens with one attached hydrogen (secondary N) is 1. The first-order valence-corrected chi connectivity index (χ1v) is 9.46. The Labute approximate surface area is 155 Å². The van der Waals surface area contributed by atoms with Crippen molar-refractivity contribution in [2.45, 2.75) is 18.6 Å². The third-order valence-electron chi connectivity index (χ3n) is 4.27. The fraction of sp³-hybridized carbons (Fsp3) is 0.150. The molecule has 0 fully saturated rings. The number of carbonyl (C=O) groups excluding carboxylic acids is 1. The Morgan fingerprint density at radius 2 is 1.88 bits per heavy atom. The number of H-pyrrole nitrogens is 1. The molecule has 2 aromatic heterocycles. The van der Waals surface area contributed by atoms with E-state index in [1.165, 1.54) is 11.8 Å². The topological polar surface area (TPSA) is 63.6 Å². The molecule has 0 atom stereocenters. The molecule has 26 heavy (non-hydrogen) atoms. The van der Waals surface area contributed by atoms with E-state index in [1.54, 1.807) is 0 Å². The van der Waals surface area contributed by atoms with Crippen molar-refractivity contribution in [2.75, 3.05) is 5.75 Å². The second-order valence-electron chi connectivity index (χ2n) is 5.89. The summed E-state index contributed by atoms with van der Waals surface area (Å²) in [7, 11) is 0. The number of ketones is 1. The van der Waals surface area contributed by atoms with Crippen LogP contribution >= 0.6 is 11.8 Å². The molecule has 4 rings (SSSR count). The number of para-hydroxylation sites is 1. The molecule has 0 saturated carbocycles. The quantitative estimate of drug-likeness (QED) is 0.407. The van der Waals surface area contributed by atoms with Crippen molar-refractivity contribution in [1.82, 2.24) is 19.7 Å². The minimum Gasteiger partial charge on any atom is -0.347 e. The van der Waals surface area contributed by atoms with Crippen LogP contribution in [-0.2, 0) is 6.54 Å². The number of hydrogen-bond acceptors (Lipinski definition) is 4. The van der Waals surface area contributed by atoms with E-state index in [4.69, 9.17) is 0 Å². The molecule has 0 amide bonds. The number of Topliss-reactive ketones (excluding diaryl/α,β-unsaturated/α-hetero) is 1. The first-order valence-electron chi connectivity index (χ1n) is 8.48. The first kappa shape index (κ1) is 16.6. The van der Waals surface area contributed by atoms with Crippen LogP contribution < -0.4 is 0 Å². The number of carbonyl (C=O) groups is 1. The van der Waals surface area contributed by atoms with E-state index in [1.807, 2.05) is 60.8 Å². The molecule has 0 aliphatic rings. The van der Waals surface area contributed by atoms with Crippen LogP contribution in [0.25, 0.3) is 22.3 Å². The van der Waals surface area contributed by atoms with Crippen molar-refractivity contribution in [1.29, 1.82) is 0 Å². The lowest BCUT2D eigenvalue weighted by atomic mass is 10.1. The summed E-state index contributed by atoms with van der Waals surface area (Å²) in [6, 6.07) is 17.8. The monoisotopic (exact) mass is 362 g/mol. The number of benzene rings is 2. The molecule has 0 aliphatic heterocycles. The Kier molecular flexibility index (Phi) is 4.58. The van der Waals surface area contributed by atoms with E-state index < -0.39 is 0 Å². The number of hydrogen-bond donors (Lipinski definition) is 1. The van der Waals surface area contributed by atoms with Crippen LogP contribution in [0.1, 0.15) is 17.3 Å². The molecule has 0 aliphatic carbocycles. The summed E-state index contributed by atoms with van der Waals surface area (Å²) < 4.78 is 2.10. The van der Waals surface area contributed by atoms with Gasteiger partial charge in [0.25, 0.3) is 0 Å². The zero-order chi connectivity index (χ0) is 17.9. The molecule has 0 spiro atoms. The second-order valence-corrected chi connectivity index (χ2v) is 6.83. The van der Waals surface area contributed by atoms with Gasteiger partial charge in [-0.05, 0) is 13.0 Å². The molecule has 0 saturated heterocycles. The average Bonchev–Trinajstić information content (AvgIpc) is 3.31. The number of nitrogens with zero attached hydrogens (tertiary/aromatic N) is 3. The minimum atomic E-state index is 0.0875. The number of aromatic amines is 1. The molecule has 130 valence electrons. The fourth-order valence-corrected chi connectivity index (χ4v) is 3.66. The number of fused-ring (bicyclic) bond motifs is 1. The normalized spacial score (nSPS) is 11.1. The van der Waals surface area contributed by atoms with E-state index in [0.717, 1.165) is 28.6 Å². The fourth-order valence-electron chi connectivity index (χ4n) is 2.97. The van der Waals surface area contributed by atoms with Crippen molar-refractivity contribution in [2.24, 2.45) is 0 Å². The number of aromatic nitrogens is 4. The maximum absolute atomic E-state index is 12.7. The minimum absolute atomic E-state index is 0.0875. The van der Waals surface area contributed by atoms with Crippen LogP contribution in [-0.4, -0.2) is 31.3 Å². The zero-order valence-corrected chi connectivity index (χ0v) is 15.2. The molecule has 5 nitrogen and oxygen atoms in total. The molecule has 6 heteroatoms. The third kappa shape index (κ3) is 3.15. The van der Waals surface area contributed by atoms with Crippen molar-refractivity contribution in [3.63, 3.8) is 0 Å². The van der Waals surface area contributed by atoms with Gasteiger partial charge in [-0.1, -0.05) is 60.3 Å². The van der Waals surface area contributed by atoms with Crippen LogP contribution in [0.2, 0.25) is 0 Å². The Morgan fingerprint density at radius 3 is 2.69 bits per heavy atom. The highest BCUT2D eigenvalue weighted by atomic mass is 32.2. The Balaban J connectivity index is 1.51. The Bertz CT molecular complexity index is 1050. The Hall–Kier alpha value is -2.86. The summed E-state index contributed by atoms with van der Waals surface area (Å²) in [5, 5.41) is 8.72. The lowest BCUT2D eigenvalue weighted by Crippen LogP contribution is -2.02. The molecule has 1 N–H and O–H groups in total. The van der Waals surface area contributed by atoms with E-state index in [9.17, 15) is 4.79 Å². The van der Waals surface area contributed by atoms with Crippen LogP contribution in [0.4, 0.5) is 0 Å². The van der Waals surface area contributed by atoms with Crippen LogP contribution in [0.15, 0.2) is 66.0 Å². The molecule has 0 radical (unpaired) electrons. The third-order valence-corrected chi connectivity index (χ3v) is 5.12. The first-order chi connectivity index (χ1) is 12.8. The maximum Gasteiger partial charge on any atom is 0.209 e. The summed E-state index contributed by atoms with van der Waals surface area (Å²) in [4.78, 5) is 17.2. The van der Waals surface area contributed by atoms with E-state index >= 15 is 0 Å². The van der Waals surface area contributed by atoms with Gasteiger partial charge in [-0.25, -0.2) is 4.98 Å². The summed E-state index contributed by atoms with van der Waals surface area (Å²) in [5.41, 5.74) is 2.82. The zero-order valence-electron chi connectivity index (χ0n) is 14.3. The smallest absolute Gasteiger partial charge is 0.209 e. The van der Waals surface area contributed by atoms with Crippen LogP contribution in [0.5, 0.6) is 0 Å². The van der Waals surface area contributed by atoms with Gasteiger partial charge in [-0.3, -0.25) is 9.89 Å². The summed E-state index contributed by atoms with van der Waals surface area (Å²) >= 11 is 1.35. The van der Waals surface area contributed by atoms with Crippen LogP contribution in [0.3, 0.4) is 0 Å². The summed E-state index contributed by atoms with van der Waals surface area (Å²) in [6.07, 6.45) is 1.95. The highest BCUT2D eigenvalue weighted by Crippen LogP contribution is 2.25. The molecule has 2 aromatic carbocycles. The van der Waals surface area contributed by atoms with E-state index in [0.29, 0.717) is 16.7 Å². The van der Waals surface area contributed by atoms with Gasteiger partial charge in [0, 0.05) is 34.8 Å². The van der Waals surface area contributed by atoms with Gasteiger partial charge in [0.05, 0.1) is 5.75 Å². The largest absolute Gasteiger partial charge is 0.347 e.